The molecule has 4 unspecified atom stereocenters. The average Bonchev–Trinajstić information content (AvgIpc) is 2.89. The Balaban J connectivity index is 2.04. The summed E-state index contributed by atoms with van der Waals surface area (Å²) >= 11 is 0. The van der Waals surface area contributed by atoms with Crippen LogP contribution in [0.1, 0.15) is 18.5 Å². The maximum Gasteiger partial charge on any atom is 0.123 e. The highest BCUT2D eigenvalue weighted by Crippen LogP contribution is 2.24. The molecule has 0 aliphatic carbocycles. The Morgan fingerprint density at radius 2 is 1.65 bits per heavy atom. The molecular formula is C15H23FN2O2. The summed E-state index contributed by atoms with van der Waals surface area (Å²) in [6, 6.07) is 6.35. The first-order valence-corrected chi connectivity index (χ1v) is 6.87. The Morgan fingerprint density at radius 3 is 2.10 bits per heavy atom. The summed E-state index contributed by atoms with van der Waals surface area (Å²) in [5.41, 5.74) is 7.24. The number of rotatable bonds is 5. The third kappa shape index (κ3) is 3.17. The number of likely N-dealkylation sites (tertiary alicyclic amines) is 1. The van der Waals surface area contributed by atoms with Crippen molar-refractivity contribution in [1.82, 2.24) is 4.90 Å². The van der Waals surface area contributed by atoms with Crippen molar-refractivity contribution in [2.75, 3.05) is 27.3 Å². The van der Waals surface area contributed by atoms with Gasteiger partial charge < -0.3 is 15.2 Å². The van der Waals surface area contributed by atoms with E-state index in [4.69, 9.17) is 15.2 Å². The zero-order chi connectivity index (χ0) is 14.7. The number of nitrogens with zero attached hydrogens (tertiary/aromatic N) is 1. The van der Waals surface area contributed by atoms with Gasteiger partial charge in [0, 0.05) is 39.4 Å². The minimum atomic E-state index is -0.242. The maximum absolute atomic E-state index is 13.0. The molecule has 4 atom stereocenters. The fraction of sp³-hybridized carbons (Fsp3) is 0.600. The maximum atomic E-state index is 13.0. The first-order chi connectivity index (χ1) is 9.56. The van der Waals surface area contributed by atoms with Crippen LogP contribution in [0.15, 0.2) is 24.3 Å². The van der Waals surface area contributed by atoms with Crippen molar-refractivity contribution in [2.24, 2.45) is 5.73 Å². The molecule has 5 heteroatoms. The Kier molecular flexibility index (Phi) is 5.10. The molecule has 20 heavy (non-hydrogen) atoms. The third-order valence-corrected chi connectivity index (χ3v) is 4.20. The molecule has 2 N–H and O–H groups in total. The van der Waals surface area contributed by atoms with Crippen molar-refractivity contribution >= 4 is 0 Å². The molecule has 0 spiro atoms. The molecule has 1 aromatic carbocycles. The third-order valence-electron chi connectivity index (χ3n) is 4.20. The lowest BCUT2D eigenvalue weighted by atomic mass is 10.0. The smallest absolute Gasteiger partial charge is 0.123 e. The number of ether oxygens (including phenoxy) is 2. The van der Waals surface area contributed by atoms with Gasteiger partial charge in [0.05, 0.1) is 12.2 Å². The number of hydrogen-bond donors (Lipinski definition) is 1. The first kappa shape index (κ1) is 15.4. The molecule has 1 aliphatic rings. The van der Waals surface area contributed by atoms with Gasteiger partial charge in [-0.05, 0) is 24.6 Å². The van der Waals surface area contributed by atoms with Crippen LogP contribution in [0.25, 0.3) is 0 Å². The number of halogens is 1. The van der Waals surface area contributed by atoms with E-state index in [2.05, 4.69) is 11.8 Å². The Morgan fingerprint density at radius 1 is 1.15 bits per heavy atom. The summed E-state index contributed by atoms with van der Waals surface area (Å²) in [6.07, 6.45) is 0.144. The van der Waals surface area contributed by atoms with Crippen LogP contribution in [0.3, 0.4) is 0 Å². The van der Waals surface area contributed by atoms with Gasteiger partial charge in [-0.25, -0.2) is 4.39 Å². The highest BCUT2D eigenvalue weighted by molar-refractivity contribution is 5.21. The van der Waals surface area contributed by atoms with E-state index in [1.165, 1.54) is 12.1 Å². The van der Waals surface area contributed by atoms with Crippen molar-refractivity contribution < 1.29 is 13.9 Å². The lowest BCUT2D eigenvalue weighted by molar-refractivity contribution is -0.00461. The van der Waals surface area contributed by atoms with Crippen LogP contribution < -0.4 is 5.73 Å². The van der Waals surface area contributed by atoms with Gasteiger partial charge >= 0.3 is 0 Å². The molecule has 0 bridgehead atoms. The monoisotopic (exact) mass is 282 g/mol. The molecule has 1 aliphatic heterocycles. The van der Waals surface area contributed by atoms with Crippen molar-refractivity contribution in [1.29, 1.82) is 0 Å². The van der Waals surface area contributed by atoms with E-state index < -0.39 is 0 Å². The molecule has 1 saturated heterocycles. The zero-order valence-corrected chi connectivity index (χ0v) is 12.3. The fourth-order valence-electron chi connectivity index (χ4n) is 2.75. The van der Waals surface area contributed by atoms with Gasteiger partial charge in [-0.2, -0.15) is 0 Å². The Labute approximate surface area is 119 Å². The van der Waals surface area contributed by atoms with Crippen LogP contribution in [0.5, 0.6) is 0 Å². The summed E-state index contributed by atoms with van der Waals surface area (Å²) in [7, 11) is 3.40. The topological polar surface area (TPSA) is 47.7 Å². The van der Waals surface area contributed by atoms with E-state index in [9.17, 15) is 4.39 Å². The molecule has 0 aromatic heterocycles. The predicted octanol–water partition coefficient (Wildman–Crippen LogP) is 1.56. The minimum Gasteiger partial charge on any atom is -0.377 e. The predicted molar refractivity (Wildman–Crippen MR) is 76.0 cm³/mol. The van der Waals surface area contributed by atoms with Gasteiger partial charge in [0.25, 0.3) is 0 Å². The van der Waals surface area contributed by atoms with Crippen LogP contribution in [-0.4, -0.2) is 50.5 Å². The van der Waals surface area contributed by atoms with Gasteiger partial charge in [0.1, 0.15) is 5.82 Å². The summed E-state index contributed by atoms with van der Waals surface area (Å²) in [5, 5.41) is 0. The number of methoxy groups -OCH3 is 2. The highest BCUT2D eigenvalue weighted by Gasteiger charge is 2.36. The van der Waals surface area contributed by atoms with Crippen molar-refractivity contribution in [3.05, 3.63) is 35.6 Å². The summed E-state index contributed by atoms with van der Waals surface area (Å²) in [4.78, 5) is 2.26. The summed E-state index contributed by atoms with van der Waals surface area (Å²) in [5.74, 6) is -0.242. The van der Waals surface area contributed by atoms with E-state index in [0.29, 0.717) is 0 Å². The average molecular weight is 282 g/mol. The second-order valence-electron chi connectivity index (χ2n) is 5.32. The van der Waals surface area contributed by atoms with E-state index in [1.807, 2.05) is 0 Å². The van der Waals surface area contributed by atoms with E-state index >= 15 is 0 Å². The summed E-state index contributed by atoms with van der Waals surface area (Å²) in [6.45, 7) is 3.68. The molecular weight excluding hydrogens is 259 g/mol. The van der Waals surface area contributed by atoms with E-state index in [-0.39, 0.29) is 30.1 Å². The SMILES string of the molecule is COC1CN(C(C)C(N)c2ccc(F)cc2)CC1OC. The van der Waals surface area contributed by atoms with Gasteiger partial charge in [-0.3, -0.25) is 4.90 Å². The van der Waals surface area contributed by atoms with Crippen LogP contribution in [-0.2, 0) is 9.47 Å². The van der Waals surface area contributed by atoms with Crippen LogP contribution in [0, 0.1) is 5.82 Å². The normalized spacial score (nSPS) is 26.6. The molecule has 1 fully saturated rings. The van der Waals surface area contributed by atoms with Crippen molar-refractivity contribution in [3.63, 3.8) is 0 Å². The first-order valence-electron chi connectivity index (χ1n) is 6.87. The van der Waals surface area contributed by atoms with Gasteiger partial charge in [0.2, 0.25) is 0 Å². The standard InChI is InChI=1S/C15H23FN2O2/c1-10(15(17)11-4-6-12(16)7-5-11)18-8-13(19-2)14(9-18)20-3/h4-7,10,13-15H,8-9,17H2,1-3H3. The Hall–Kier alpha value is -1.01. The van der Waals surface area contributed by atoms with Gasteiger partial charge in [-0.15, -0.1) is 0 Å². The molecule has 1 heterocycles. The number of hydrogen-bond acceptors (Lipinski definition) is 4. The fourth-order valence-corrected chi connectivity index (χ4v) is 2.75. The van der Waals surface area contributed by atoms with Gasteiger partial charge in [-0.1, -0.05) is 12.1 Å². The highest BCUT2D eigenvalue weighted by atomic mass is 19.1. The van der Waals surface area contributed by atoms with Crippen LogP contribution in [0.4, 0.5) is 4.39 Å². The van der Waals surface area contributed by atoms with E-state index in [1.54, 1.807) is 26.4 Å². The molecule has 0 saturated carbocycles. The second kappa shape index (κ2) is 6.63. The zero-order valence-electron chi connectivity index (χ0n) is 12.3. The molecule has 112 valence electrons. The lowest BCUT2D eigenvalue weighted by Crippen LogP contribution is -2.40. The second-order valence-corrected chi connectivity index (χ2v) is 5.32. The number of nitrogens with two attached hydrogens (primary N) is 1. The van der Waals surface area contributed by atoms with Gasteiger partial charge in [0.15, 0.2) is 0 Å². The van der Waals surface area contributed by atoms with E-state index in [0.717, 1.165) is 18.7 Å². The molecule has 0 radical (unpaired) electrons. The molecule has 2 rings (SSSR count). The van der Waals surface area contributed by atoms with Crippen LogP contribution in [0.2, 0.25) is 0 Å². The number of benzene rings is 1. The molecule has 0 amide bonds. The van der Waals surface area contributed by atoms with Crippen molar-refractivity contribution in [2.45, 2.75) is 31.2 Å². The molecule has 4 nitrogen and oxygen atoms in total. The van der Waals surface area contributed by atoms with Crippen LogP contribution >= 0.6 is 0 Å². The summed E-state index contributed by atoms with van der Waals surface area (Å²) < 4.78 is 23.8. The minimum absolute atomic E-state index is 0.0721. The largest absolute Gasteiger partial charge is 0.377 e. The lowest BCUT2D eigenvalue weighted by Gasteiger charge is -2.29. The quantitative estimate of drug-likeness (QED) is 0.890. The Bertz CT molecular complexity index is 414. The molecule has 1 aromatic rings. The van der Waals surface area contributed by atoms with Crippen molar-refractivity contribution in [3.8, 4) is 0 Å².